The van der Waals surface area contributed by atoms with Crippen molar-refractivity contribution in [2.75, 3.05) is 32.6 Å². The largest absolute Gasteiger partial charge is 0.381 e. The molecule has 2 saturated heterocycles. The molecule has 3 fully saturated rings. The third-order valence-corrected chi connectivity index (χ3v) is 6.80. The lowest BCUT2D eigenvalue weighted by molar-refractivity contribution is -0.142. The Balaban J connectivity index is 0.00000155. The van der Waals surface area contributed by atoms with E-state index in [4.69, 9.17) is 4.74 Å². The van der Waals surface area contributed by atoms with E-state index in [1.165, 1.54) is 11.8 Å². The molecule has 1 saturated carbocycles. The Labute approximate surface area is 183 Å². The molecule has 0 aromatic rings. The standard InChI is InChI=1S/C19H30N4O4S.C2H6/c1-23-9-12-28-19(23)22-21-18(26)16(24)15(13-7-10-27-11-8-13)20-17(25)14-5-3-2-4-6-14;1-2/h13-15H,2-12H2,1H3,(H,20,25)(H,21,26);1-2H3/b22-19+;. The van der Waals surface area contributed by atoms with Gasteiger partial charge in [0, 0.05) is 38.5 Å². The van der Waals surface area contributed by atoms with Gasteiger partial charge >= 0.3 is 5.91 Å². The van der Waals surface area contributed by atoms with Gasteiger partial charge in [0.25, 0.3) is 0 Å². The normalized spacial score (nSPS) is 22.8. The number of thioether (sulfide) groups is 1. The summed E-state index contributed by atoms with van der Waals surface area (Å²) in [6.07, 6.45) is 6.24. The SMILES string of the molecule is CC.CN1CCS/C1=N/NC(=O)C(=O)C(NC(=O)C1CCCCC1)C1CCOCC1. The number of hydrazone groups is 1. The van der Waals surface area contributed by atoms with Gasteiger partial charge in [0.15, 0.2) is 5.17 Å². The lowest BCUT2D eigenvalue weighted by Gasteiger charge is -2.31. The molecule has 3 aliphatic rings. The number of Topliss-reactive ketones (excluding diaryl/α,β-unsaturated/α-hetero) is 1. The molecule has 1 atom stereocenters. The fraction of sp³-hybridized carbons (Fsp3) is 0.810. The second-order valence-electron chi connectivity index (χ2n) is 7.74. The zero-order chi connectivity index (χ0) is 21.9. The van der Waals surface area contributed by atoms with Gasteiger partial charge in [-0.1, -0.05) is 44.9 Å². The van der Waals surface area contributed by atoms with Crippen LogP contribution in [0.15, 0.2) is 5.10 Å². The van der Waals surface area contributed by atoms with Crippen LogP contribution >= 0.6 is 11.8 Å². The van der Waals surface area contributed by atoms with Crippen molar-refractivity contribution in [2.45, 2.75) is 64.8 Å². The number of nitrogens with one attached hydrogen (secondary N) is 2. The minimum Gasteiger partial charge on any atom is -0.381 e. The number of hydrogen-bond donors (Lipinski definition) is 2. The van der Waals surface area contributed by atoms with Gasteiger partial charge in [-0.15, -0.1) is 5.10 Å². The Morgan fingerprint density at radius 3 is 2.37 bits per heavy atom. The minimum absolute atomic E-state index is 0.0595. The summed E-state index contributed by atoms with van der Waals surface area (Å²) in [4.78, 5) is 40.0. The predicted molar refractivity (Wildman–Crippen MR) is 119 cm³/mol. The van der Waals surface area contributed by atoms with E-state index in [0.29, 0.717) is 31.2 Å². The molecule has 0 bridgehead atoms. The number of ether oxygens (including phenoxy) is 1. The summed E-state index contributed by atoms with van der Waals surface area (Å²) in [5.74, 6) is -0.734. The predicted octanol–water partition coefficient (Wildman–Crippen LogP) is 2.14. The fourth-order valence-electron chi connectivity index (χ4n) is 3.97. The molecule has 2 amide bonds. The summed E-state index contributed by atoms with van der Waals surface area (Å²) in [5, 5.41) is 7.66. The molecule has 2 aliphatic heterocycles. The third-order valence-electron chi connectivity index (χ3n) is 5.75. The van der Waals surface area contributed by atoms with Crippen molar-refractivity contribution < 1.29 is 19.1 Å². The Morgan fingerprint density at radius 2 is 1.77 bits per heavy atom. The quantitative estimate of drug-likeness (QED) is 0.485. The number of hydrogen-bond acceptors (Lipinski definition) is 6. The molecular weight excluding hydrogens is 404 g/mol. The number of carbonyl (C=O) groups excluding carboxylic acids is 3. The van der Waals surface area contributed by atoms with Crippen LogP contribution < -0.4 is 10.7 Å². The molecule has 2 N–H and O–H groups in total. The second-order valence-corrected chi connectivity index (χ2v) is 8.80. The van der Waals surface area contributed by atoms with E-state index in [-0.39, 0.29) is 17.7 Å². The monoisotopic (exact) mass is 440 g/mol. The number of ketones is 1. The minimum atomic E-state index is -0.813. The topological polar surface area (TPSA) is 100 Å². The molecule has 8 nitrogen and oxygen atoms in total. The average molecular weight is 441 g/mol. The molecule has 0 aromatic heterocycles. The van der Waals surface area contributed by atoms with Crippen molar-refractivity contribution in [1.82, 2.24) is 15.6 Å². The lowest BCUT2D eigenvalue weighted by Crippen LogP contribution is -2.53. The smallest absolute Gasteiger partial charge is 0.309 e. The first-order valence-electron chi connectivity index (χ1n) is 11.2. The van der Waals surface area contributed by atoms with Gasteiger partial charge in [-0.3, -0.25) is 14.4 Å². The Kier molecular flexibility index (Phi) is 10.6. The van der Waals surface area contributed by atoms with Crippen LogP contribution in [0.4, 0.5) is 0 Å². The number of rotatable bonds is 6. The first kappa shape index (κ1) is 24.7. The molecule has 3 rings (SSSR count). The highest BCUT2D eigenvalue weighted by atomic mass is 32.2. The maximum Gasteiger partial charge on any atom is 0.309 e. The Hall–Kier alpha value is -1.61. The molecule has 30 heavy (non-hydrogen) atoms. The summed E-state index contributed by atoms with van der Waals surface area (Å²) < 4.78 is 5.38. The second kappa shape index (κ2) is 12.9. The van der Waals surface area contributed by atoms with Crippen LogP contribution in [0.25, 0.3) is 0 Å². The van der Waals surface area contributed by atoms with Gasteiger partial charge < -0.3 is 15.0 Å². The van der Waals surface area contributed by atoms with E-state index in [2.05, 4.69) is 15.8 Å². The van der Waals surface area contributed by atoms with Gasteiger partial charge in [0.2, 0.25) is 11.7 Å². The van der Waals surface area contributed by atoms with Crippen LogP contribution in [0.1, 0.15) is 58.8 Å². The zero-order valence-electron chi connectivity index (χ0n) is 18.4. The fourth-order valence-corrected chi connectivity index (χ4v) is 4.94. The molecular formula is C21H36N4O4S. The van der Waals surface area contributed by atoms with Gasteiger partial charge in [0.1, 0.15) is 6.04 Å². The molecule has 0 aromatic carbocycles. The first-order chi connectivity index (χ1) is 14.6. The number of nitrogens with zero attached hydrogens (tertiary/aromatic N) is 2. The zero-order valence-corrected chi connectivity index (χ0v) is 19.3. The maximum absolute atomic E-state index is 12.9. The van der Waals surface area contributed by atoms with E-state index >= 15 is 0 Å². The van der Waals surface area contributed by atoms with E-state index in [1.807, 2.05) is 25.8 Å². The third kappa shape index (κ3) is 6.97. The van der Waals surface area contributed by atoms with Crippen molar-refractivity contribution in [2.24, 2.45) is 16.9 Å². The Morgan fingerprint density at radius 1 is 1.10 bits per heavy atom. The van der Waals surface area contributed by atoms with E-state index in [0.717, 1.165) is 44.4 Å². The molecule has 0 spiro atoms. The van der Waals surface area contributed by atoms with Crippen LogP contribution in [0.3, 0.4) is 0 Å². The summed E-state index contributed by atoms with van der Waals surface area (Å²) in [6.45, 7) is 5.94. The Bertz CT molecular complexity index is 616. The van der Waals surface area contributed by atoms with Crippen molar-refractivity contribution in [1.29, 1.82) is 0 Å². The van der Waals surface area contributed by atoms with Crippen LogP contribution in [-0.4, -0.2) is 66.3 Å². The van der Waals surface area contributed by atoms with E-state index in [9.17, 15) is 14.4 Å². The lowest BCUT2D eigenvalue weighted by atomic mass is 9.85. The summed E-state index contributed by atoms with van der Waals surface area (Å²) in [6, 6.07) is -0.813. The number of carbonyl (C=O) groups is 3. The summed E-state index contributed by atoms with van der Waals surface area (Å²) in [5.41, 5.74) is 2.38. The summed E-state index contributed by atoms with van der Waals surface area (Å²) >= 11 is 1.53. The van der Waals surface area contributed by atoms with Gasteiger partial charge in [-0.05, 0) is 31.6 Å². The highest BCUT2D eigenvalue weighted by Crippen LogP contribution is 2.25. The average Bonchev–Trinajstić information content (AvgIpc) is 3.22. The van der Waals surface area contributed by atoms with Gasteiger partial charge in [-0.2, -0.15) is 0 Å². The molecule has 2 heterocycles. The first-order valence-corrected chi connectivity index (χ1v) is 12.2. The van der Waals surface area contributed by atoms with Gasteiger partial charge in [0.05, 0.1) is 0 Å². The van der Waals surface area contributed by atoms with Crippen LogP contribution in [0.2, 0.25) is 0 Å². The van der Waals surface area contributed by atoms with E-state index < -0.39 is 17.7 Å². The molecule has 170 valence electrons. The van der Waals surface area contributed by atoms with E-state index in [1.54, 1.807) is 0 Å². The molecule has 1 aliphatic carbocycles. The molecule has 0 radical (unpaired) electrons. The van der Waals surface area contributed by atoms with Crippen LogP contribution in [0.5, 0.6) is 0 Å². The molecule has 9 heteroatoms. The van der Waals surface area contributed by atoms with Gasteiger partial charge in [-0.25, -0.2) is 5.43 Å². The number of amidine groups is 1. The molecule has 1 unspecified atom stereocenters. The highest BCUT2D eigenvalue weighted by Gasteiger charge is 2.36. The maximum atomic E-state index is 12.9. The van der Waals surface area contributed by atoms with Crippen molar-refractivity contribution in [3.63, 3.8) is 0 Å². The van der Waals surface area contributed by atoms with Crippen molar-refractivity contribution >= 4 is 34.5 Å². The van der Waals surface area contributed by atoms with Crippen molar-refractivity contribution in [3.8, 4) is 0 Å². The highest BCUT2D eigenvalue weighted by molar-refractivity contribution is 8.14. The summed E-state index contributed by atoms with van der Waals surface area (Å²) in [7, 11) is 1.89. The van der Waals surface area contributed by atoms with Crippen LogP contribution in [0, 0.1) is 11.8 Å². The number of amides is 2. The van der Waals surface area contributed by atoms with Crippen molar-refractivity contribution in [3.05, 3.63) is 0 Å². The van der Waals surface area contributed by atoms with Crippen LogP contribution in [-0.2, 0) is 19.1 Å².